The Labute approximate surface area is 800 Å². The molecule has 0 aromatic heterocycles. The summed E-state index contributed by atoms with van der Waals surface area (Å²) in [5, 5.41) is 178. The lowest BCUT2D eigenvalue weighted by Crippen LogP contribution is -2.65. The van der Waals surface area contributed by atoms with E-state index in [0.29, 0.717) is 18.0 Å². The molecule has 7 aromatic carbocycles. The molecule has 7 aromatic rings. The lowest BCUT2D eigenvalue weighted by atomic mass is 9.84. The molecule has 137 heavy (non-hydrogen) atoms. The maximum absolute atomic E-state index is 16.7. The summed E-state index contributed by atoms with van der Waals surface area (Å²) in [6, 6.07) is 13.6. The first-order chi connectivity index (χ1) is 65.2. The molecule has 44 heteroatoms. The largest absolute Gasteiger partial charge is 0.507 e. The van der Waals surface area contributed by atoms with Crippen molar-refractivity contribution in [2.75, 3.05) is 60.6 Å². The molecule has 0 saturated carbocycles. The Kier molecular flexibility index (Phi) is 34.0. The number of hydrogen-bond acceptors (Lipinski definition) is 33. The number of nitrogens with two attached hydrogens (primary N) is 1. The number of carbonyl (C=O) groups excluding carboxylic acids is 8. The number of halogens is 3. The van der Waals surface area contributed by atoms with Crippen molar-refractivity contribution in [1.29, 1.82) is 0 Å². The second kappa shape index (κ2) is 45.0. The minimum Gasteiger partial charge on any atom is -0.507 e. The zero-order chi connectivity index (χ0) is 99.0. The van der Waals surface area contributed by atoms with E-state index in [1.54, 1.807) is 40.1 Å². The van der Waals surface area contributed by atoms with Gasteiger partial charge in [-0.25, -0.2) is 0 Å². The van der Waals surface area contributed by atoms with Crippen molar-refractivity contribution >= 4 is 82.1 Å². The van der Waals surface area contributed by atoms with Crippen LogP contribution in [0, 0.1) is 5.92 Å². The Morgan fingerprint density at radius 1 is 0.628 bits per heavy atom. The van der Waals surface area contributed by atoms with Gasteiger partial charge in [0.2, 0.25) is 59.3 Å². The van der Waals surface area contributed by atoms with E-state index in [2.05, 4.69) is 53.2 Å². The number of nitrogens with zero attached hydrogens (tertiary/aromatic N) is 1. The monoisotopic (exact) mass is 1970 g/mol. The van der Waals surface area contributed by atoms with E-state index in [9.17, 15) is 76.0 Å². The summed E-state index contributed by atoms with van der Waals surface area (Å²) in [5.74, 6) is -15.5. The van der Waals surface area contributed by atoms with E-state index < -0.39 is 286 Å². The number of amides is 8. The van der Waals surface area contributed by atoms with Crippen LogP contribution in [0.2, 0.25) is 15.1 Å². The van der Waals surface area contributed by atoms with Gasteiger partial charge >= 0.3 is 0 Å². The highest BCUT2D eigenvalue weighted by Crippen LogP contribution is 2.51. The van der Waals surface area contributed by atoms with Gasteiger partial charge in [0.25, 0.3) is 0 Å². The Balaban J connectivity index is 0.974. The van der Waals surface area contributed by atoms with E-state index in [4.69, 9.17) is 78.4 Å². The number of nitrogens with one attached hydrogen (secondary N) is 10. The molecule has 8 amide bonds. The number of carbonyl (C=O) groups is 8. The van der Waals surface area contributed by atoms with Crippen molar-refractivity contribution in [3.63, 3.8) is 0 Å². The Bertz CT molecular complexity index is 5540. The molecule has 740 valence electrons. The first-order valence-electron chi connectivity index (χ1n) is 44.3. The van der Waals surface area contributed by atoms with Crippen LogP contribution in [0.5, 0.6) is 46.0 Å². The predicted molar refractivity (Wildman–Crippen MR) is 489 cm³/mol. The van der Waals surface area contributed by atoms with Gasteiger partial charge in [-0.1, -0.05) is 103 Å². The minimum atomic E-state index is -2.42. The molecular formula is C93H113Cl3N12O29. The van der Waals surface area contributed by atoms with Gasteiger partial charge in [0.15, 0.2) is 30.2 Å². The molecule has 3 fully saturated rings. The van der Waals surface area contributed by atoms with Crippen molar-refractivity contribution in [2.24, 2.45) is 11.7 Å². The Hall–Kier alpha value is -10.8. The zero-order valence-corrected chi connectivity index (χ0v) is 77.6. The first-order valence-corrected chi connectivity index (χ1v) is 45.4. The van der Waals surface area contributed by atoms with Crippen LogP contribution in [-0.4, -0.2) is 289 Å². The highest BCUT2D eigenvalue weighted by atomic mass is 35.5. The maximum atomic E-state index is 16.7. The molecule has 15 rings (SSSR count). The molecule has 23 atom stereocenters. The van der Waals surface area contributed by atoms with Gasteiger partial charge in [0.1, 0.15) is 120 Å². The first kappa shape index (κ1) is 104. The number of hydrogen-bond donors (Lipinski definition) is 24. The molecule has 0 aliphatic carbocycles. The summed E-state index contributed by atoms with van der Waals surface area (Å²) in [4.78, 5) is 124. The average molecular weight is 1970 g/mol. The van der Waals surface area contributed by atoms with Crippen LogP contribution in [-0.2, 0) is 75.1 Å². The van der Waals surface area contributed by atoms with E-state index >= 15 is 28.8 Å². The van der Waals surface area contributed by atoms with E-state index in [1.165, 1.54) is 25.2 Å². The summed E-state index contributed by atoms with van der Waals surface area (Å²) in [6.07, 6.45) is -27.0. The predicted octanol–water partition coefficient (Wildman–Crippen LogP) is 1.15. The molecule has 11 bridgehead atoms. The molecule has 8 aliphatic rings. The van der Waals surface area contributed by atoms with Crippen molar-refractivity contribution < 1.29 is 143 Å². The van der Waals surface area contributed by atoms with Crippen LogP contribution in [0.3, 0.4) is 0 Å². The fourth-order valence-electron chi connectivity index (χ4n) is 17.0. The second-order valence-electron chi connectivity index (χ2n) is 35.3. The molecule has 8 heterocycles. The number of benzene rings is 7. The number of fused-ring (bicyclic) bond motifs is 15. The second-order valence-corrected chi connectivity index (χ2v) is 36.5. The van der Waals surface area contributed by atoms with Crippen molar-refractivity contribution in [3.8, 4) is 68.2 Å². The Morgan fingerprint density at radius 3 is 1.84 bits per heavy atom. The van der Waals surface area contributed by atoms with Gasteiger partial charge in [0, 0.05) is 54.3 Å². The number of ether oxygens (including phenoxy) is 8. The number of phenols is 3. The van der Waals surface area contributed by atoms with Crippen LogP contribution in [0.1, 0.15) is 123 Å². The minimum absolute atomic E-state index is 0.0798. The molecule has 3 saturated heterocycles. The molecular weight excluding hydrogens is 1860 g/mol. The molecule has 0 spiro atoms. The summed E-state index contributed by atoms with van der Waals surface area (Å²) in [5.41, 5.74) is 4.00. The lowest BCUT2D eigenvalue weighted by molar-refractivity contribution is -0.334. The number of aliphatic hydroxyl groups is 10. The number of likely N-dealkylation sites (N-methyl/N-ethyl adjacent to an activating group) is 1. The smallest absolute Gasteiger partial charge is 0.248 e. The summed E-state index contributed by atoms with van der Waals surface area (Å²) in [7, 11) is 5.01. The van der Waals surface area contributed by atoms with E-state index in [0.717, 1.165) is 71.3 Å². The third-order valence-electron chi connectivity index (χ3n) is 24.6. The van der Waals surface area contributed by atoms with Crippen molar-refractivity contribution in [1.82, 2.24) is 58.1 Å². The van der Waals surface area contributed by atoms with Crippen molar-refractivity contribution in [3.05, 3.63) is 175 Å². The molecule has 8 aliphatic heterocycles. The quantitative estimate of drug-likeness (QED) is 0.0306. The SMILES string of the molecule is CN[C@H](CC(C)C)C(=O)N[C@H]1C(=O)N[C@@H](CC(N)=O)C(=O)N[C@H]2C(=O)N[C@H]3C(=O)N[C@H](C(=O)N[C@H](C(=O)NCCCN(C)C)c4cc(O)c(CNCCO[C@H]5O[C@H](CO)[C@@H](O)[C@H](O)[C@@H]5O)c(O)c4-c4cc3ccc4O)[C@H](O)c3ccc(c(Cl)c3)Oc3cc2cc(c3O[C@@H]2O[C@H](CO)[C@@H](O)[C@H](O)[C@H]2O[C@H]2C[C@](C)(NCc3ccc(-c4ccc(Cl)cc4)cc3)[C@H](O)[C@H](C)O2)Oc2ccc(cc2Cl)[C@H]1O. The molecule has 41 nitrogen and oxygen atoms in total. The third-order valence-corrected chi connectivity index (χ3v) is 25.5. The van der Waals surface area contributed by atoms with E-state index in [-0.39, 0.29) is 72.5 Å². The molecule has 0 unspecified atom stereocenters. The lowest BCUT2D eigenvalue weighted by Gasteiger charge is -2.48. The number of phenolic OH excluding ortho intramolecular Hbond substituents is 3. The van der Waals surface area contributed by atoms with E-state index in [1.807, 2.05) is 55.1 Å². The van der Waals surface area contributed by atoms with Crippen molar-refractivity contribution in [2.45, 2.75) is 206 Å². The van der Waals surface area contributed by atoms with Gasteiger partial charge in [0.05, 0.1) is 60.1 Å². The zero-order valence-electron chi connectivity index (χ0n) is 75.3. The number of aromatic hydroxyl groups is 3. The standard InChI is InChI=1S/C93H113Cl3N12O29/c1-40(2)27-55(98-5)84(123)106-71-73(114)46-16-21-59(53(95)29-46)132-61-31-48-32-62(81(61)137-92-82(79(120)77(118)64(39-110)135-92)136-66-35-93(4,83(122)41(3)131-66)101-36-42-9-11-43(12-10-42)44-13-18-49(94)19-14-44)133-60-22-17-47(30-54(60)96)74(115)72-90(129)105-70(86(125)100-23-8-25-108(6)7)51-33-58(112)52(37-99-24-26-130-91-80(121)78(119)76(117)63(38-109)134-91)75(116)67(51)50-28-45(15-20-57(50)111)68(87(126)107-72)104-88(127)69(48)103-85(124)56(34-65(97)113)102-89(71)128/h9-22,28-33,40-41,55-56,63-64,66,68-74,76-80,82-83,91-92,98-99,101,109-112,114-122H,8,23-27,34-39H2,1-7H3,(H2,97,113)(H,100,125)(H,102,128)(H,103,124)(H,104,127)(H,105,129)(H,106,123)(H,107,126)/t41-,55+,56-,63+,64+,66-,68+,69+,70-,71+,72-,73+,74+,76+,77+,78-,79-,80-,82+,83+,91-,92-,93-/m0/s1. The number of aliphatic hydroxyl groups excluding tert-OH is 10. The summed E-state index contributed by atoms with van der Waals surface area (Å²) < 4.78 is 51.0. The fourth-order valence-corrected chi connectivity index (χ4v) is 17.6. The van der Waals surface area contributed by atoms with Gasteiger partial charge in [-0.3, -0.25) is 38.4 Å². The number of primary amides is 1. The van der Waals surface area contributed by atoms with Crippen LogP contribution in [0.15, 0.2) is 121 Å². The van der Waals surface area contributed by atoms with Crippen LogP contribution < -0.4 is 73.1 Å². The number of rotatable bonds is 28. The Morgan fingerprint density at radius 2 is 1.23 bits per heavy atom. The van der Waals surface area contributed by atoms with Gasteiger partial charge < -0.3 is 168 Å². The topological polar surface area (TPSA) is 623 Å². The highest BCUT2D eigenvalue weighted by molar-refractivity contribution is 6.32. The fraction of sp³-hybridized carbons (Fsp3) is 0.462. The average Bonchev–Trinajstić information content (AvgIpc) is 0.756. The third kappa shape index (κ3) is 23.9. The van der Waals surface area contributed by atoms with Gasteiger partial charge in [-0.15, -0.1) is 0 Å². The van der Waals surface area contributed by atoms with Crippen LogP contribution >= 0.6 is 34.8 Å². The summed E-state index contributed by atoms with van der Waals surface area (Å²) in [6.45, 7) is 4.58. The molecule has 0 radical (unpaired) electrons. The molecule has 25 N–H and O–H groups in total. The van der Waals surface area contributed by atoms with Crippen LogP contribution in [0.4, 0.5) is 0 Å². The van der Waals surface area contributed by atoms with Crippen LogP contribution in [0.25, 0.3) is 22.3 Å². The normalized spacial score (nSPS) is 28.2. The van der Waals surface area contributed by atoms with Gasteiger partial charge in [-0.2, -0.15) is 0 Å². The summed E-state index contributed by atoms with van der Waals surface area (Å²) >= 11 is 20.7. The van der Waals surface area contributed by atoms with Gasteiger partial charge in [-0.05, 0) is 172 Å². The maximum Gasteiger partial charge on any atom is 0.248 e. The highest BCUT2D eigenvalue weighted by Gasteiger charge is 2.53.